The summed E-state index contributed by atoms with van der Waals surface area (Å²) in [7, 11) is 0. The normalized spacial score (nSPS) is 22.4. The number of carbonyl (C=O) groups is 2. The van der Waals surface area contributed by atoms with Crippen molar-refractivity contribution in [3.8, 4) is 0 Å². The number of amides is 2. The molecular formula is C26H31ClN2O2. The molecule has 0 aromatic heterocycles. The molecule has 1 aliphatic heterocycles. The Kier molecular flexibility index (Phi) is 6.96. The highest BCUT2D eigenvalue weighted by Gasteiger charge is 2.50. The van der Waals surface area contributed by atoms with E-state index in [1.807, 2.05) is 47.4 Å². The van der Waals surface area contributed by atoms with Crippen LogP contribution in [0.5, 0.6) is 0 Å². The fourth-order valence-electron chi connectivity index (χ4n) is 5.12. The molecule has 0 radical (unpaired) electrons. The van der Waals surface area contributed by atoms with Crippen molar-refractivity contribution in [3.63, 3.8) is 0 Å². The first-order chi connectivity index (χ1) is 15.1. The average molecular weight is 439 g/mol. The molecule has 0 spiro atoms. The summed E-state index contributed by atoms with van der Waals surface area (Å²) in [6.45, 7) is 0.517. The van der Waals surface area contributed by atoms with E-state index in [-0.39, 0.29) is 17.9 Å². The summed E-state index contributed by atoms with van der Waals surface area (Å²) in [5, 5.41) is 3.95. The number of carbonyl (C=O) groups excluding carboxylic acids is 2. The molecule has 2 amide bonds. The SMILES string of the molecule is O=C1CCC[C@@](C(=O)NC2CCCCC2)(c2ccc(Cl)cc2)N1CCc1ccccc1. The van der Waals surface area contributed by atoms with Crippen LogP contribution in [0.3, 0.4) is 0 Å². The van der Waals surface area contributed by atoms with Crippen molar-refractivity contribution in [2.75, 3.05) is 6.54 Å². The van der Waals surface area contributed by atoms with E-state index < -0.39 is 5.54 Å². The van der Waals surface area contributed by atoms with Crippen LogP contribution >= 0.6 is 11.6 Å². The van der Waals surface area contributed by atoms with Crippen LogP contribution in [0.1, 0.15) is 62.5 Å². The van der Waals surface area contributed by atoms with Gasteiger partial charge in [0.25, 0.3) is 5.91 Å². The van der Waals surface area contributed by atoms with Gasteiger partial charge in [0, 0.05) is 24.0 Å². The second-order valence-electron chi connectivity index (χ2n) is 8.81. The summed E-state index contributed by atoms with van der Waals surface area (Å²) in [5.74, 6) is 0.0127. The Balaban J connectivity index is 1.67. The van der Waals surface area contributed by atoms with Gasteiger partial charge >= 0.3 is 0 Å². The number of likely N-dealkylation sites (tertiary alicyclic amines) is 1. The number of nitrogens with zero attached hydrogens (tertiary/aromatic N) is 1. The molecule has 5 heteroatoms. The minimum Gasteiger partial charge on any atom is -0.351 e. The molecule has 164 valence electrons. The van der Waals surface area contributed by atoms with Gasteiger partial charge in [-0.2, -0.15) is 0 Å². The molecule has 1 saturated carbocycles. The summed E-state index contributed by atoms with van der Waals surface area (Å²) in [6, 6.07) is 17.8. The van der Waals surface area contributed by atoms with E-state index in [0.29, 0.717) is 30.8 Å². The molecule has 0 bridgehead atoms. The maximum atomic E-state index is 13.9. The van der Waals surface area contributed by atoms with Gasteiger partial charge in [-0.05, 0) is 55.4 Å². The number of nitrogens with one attached hydrogen (secondary N) is 1. The van der Waals surface area contributed by atoms with Crippen molar-refractivity contribution < 1.29 is 9.59 Å². The molecule has 2 aliphatic rings. The van der Waals surface area contributed by atoms with Gasteiger partial charge in [-0.25, -0.2) is 0 Å². The van der Waals surface area contributed by atoms with Gasteiger partial charge in [0.15, 0.2) is 0 Å². The smallest absolute Gasteiger partial charge is 0.250 e. The molecule has 31 heavy (non-hydrogen) atoms. The van der Waals surface area contributed by atoms with Gasteiger partial charge in [0.1, 0.15) is 5.54 Å². The third kappa shape index (κ3) is 4.79. The third-order valence-electron chi connectivity index (χ3n) is 6.80. The van der Waals surface area contributed by atoms with Gasteiger partial charge < -0.3 is 10.2 Å². The van der Waals surface area contributed by atoms with E-state index in [1.165, 1.54) is 12.0 Å². The zero-order valence-electron chi connectivity index (χ0n) is 18.0. The number of piperidine rings is 1. The predicted molar refractivity (Wildman–Crippen MR) is 124 cm³/mol. The maximum absolute atomic E-state index is 13.9. The predicted octanol–water partition coefficient (Wildman–Crippen LogP) is 5.24. The van der Waals surface area contributed by atoms with Crippen LogP contribution in [0.25, 0.3) is 0 Å². The molecule has 1 N–H and O–H groups in total. The Bertz CT molecular complexity index is 893. The molecule has 2 aromatic rings. The minimum atomic E-state index is -0.980. The first-order valence-corrected chi connectivity index (χ1v) is 11.9. The van der Waals surface area contributed by atoms with Crippen LogP contribution in [-0.4, -0.2) is 29.3 Å². The molecule has 2 aromatic carbocycles. The van der Waals surface area contributed by atoms with Crippen LogP contribution in [-0.2, 0) is 21.5 Å². The quantitative estimate of drug-likeness (QED) is 0.670. The molecule has 1 heterocycles. The van der Waals surface area contributed by atoms with Gasteiger partial charge in [0.05, 0.1) is 0 Å². The lowest BCUT2D eigenvalue weighted by atomic mass is 9.78. The van der Waals surface area contributed by atoms with Gasteiger partial charge in [0.2, 0.25) is 5.91 Å². The van der Waals surface area contributed by atoms with E-state index >= 15 is 0 Å². The van der Waals surface area contributed by atoms with Crippen molar-refractivity contribution in [1.29, 1.82) is 0 Å². The van der Waals surface area contributed by atoms with Crippen LogP contribution in [0.15, 0.2) is 54.6 Å². The molecule has 4 nitrogen and oxygen atoms in total. The summed E-state index contributed by atoms with van der Waals surface area (Å²) >= 11 is 6.16. The topological polar surface area (TPSA) is 49.4 Å². The van der Waals surface area contributed by atoms with Gasteiger partial charge in [-0.3, -0.25) is 9.59 Å². The van der Waals surface area contributed by atoms with Crippen molar-refractivity contribution in [2.24, 2.45) is 0 Å². The summed E-state index contributed by atoms with van der Waals surface area (Å²) in [6.07, 6.45) is 8.11. The first kappa shape index (κ1) is 21.9. The van der Waals surface area contributed by atoms with Crippen LogP contribution in [0.2, 0.25) is 5.02 Å². The van der Waals surface area contributed by atoms with Crippen molar-refractivity contribution in [1.82, 2.24) is 10.2 Å². The Hall–Kier alpha value is -2.33. The Labute approximate surface area is 190 Å². The van der Waals surface area contributed by atoms with Crippen molar-refractivity contribution >= 4 is 23.4 Å². The van der Waals surface area contributed by atoms with Crippen molar-refractivity contribution in [3.05, 3.63) is 70.7 Å². The fourth-order valence-corrected chi connectivity index (χ4v) is 5.25. The number of hydrogen-bond acceptors (Lipinski definition) is 2. The van der Waals surface area contributed by atoms with E-state index in [1.54, 1.807) is 0 Å². The van der Waals surface area contributed by atoms with E-state index in [4.69, 9.17) is 11.6 Å². The summed E-state index contributed by atoms with van der Waals surface area (Å²) < 4.78 is 0. The average Bonchev–Trinajstić information content (AvgIpc) is 2.80. The molecule has 4 rings (SSSR count). The molecule has 1 aliphatic carbocycles. The lowest BCUT2D eigenvalue weighted by Gasteiger charge is -2.47. The largest absolute Gasteiger partial charge is 0.351 e. The van der Waals surface area contributed by atoms with Crippen molar-refractivity contribution in [2.45, 2.75) is 69.4 Å². The number of benzene rings is 2. The van der Waals surface area contributed by atoms with Gasteiger partial charge in [-0.1, -0.05) is 73.3 Å². The standard InChI is InChI=1S/C26H31ClN2O2/c27-22-15-13-21(14-16-22)26(25(31)28-23-10-5-2-6-11-23)18-7-12-24(30)29(26)19-17-20-8-3-1-4-9-20/h1,3-4,8-9,13-16,23H,2,5-7,10-12,17-19H2,(H,28,31)/t26-/m0/s1. The van der Waals surface area contributed by atoms with Crippen LogP contribution in [0.4, 0.5) is 0 Å². The summed E-state index contributed by atoms with van der Waals surface area (Å²) in [5.41, 5.74) is 1.04. The fraction of sp³-hybridized carbons (Fsp3) is 0.462. The second-order valence-corrected chi connectivity index (χ2v) is 9.25. The molecular weight excluding hydrogens is 408 g/mol. The zero-order valence-corrected chi connectivity index (χ0v) is 18.7. The van der Waals surface area contributed by atoms with E-state index in [2.05, 4.69) is 17.4 Å². The molecule has 0 unspecified atom stereocenters. The minimum absolute atomic E-state index is 0.0390. The third-order valence-corrected chi connectivity index (χ3v) is 7.05. The Morgan fingerprint density at radius 2 is 1.71 bits per heavy atom. The molecule has 1 saturated heterocycles. The first-order valence-electron chi connectivity index (χ1n) is 11.5. The van der Waals surface area contributed by atoms with E-state index in [0.717, 1.165) is 37.7 Å². The lowest BCUT2D eigenvalue weighted by Crippen LogP contribution is -2.62. The number of hydrogen-bond donors (Lipinski definition) is 1. The zero-order chi connectivity index (χ0) is 21.7. The lowest BCUT2D eigenvalue weighted by molar-refractivity contribution is -0.154. The van der Waals surface area contributed by atoms with Crippen LogP contribution < -0.4 is 5.32 Å². The monoisotopic (exact) mass is 438 g/mol. The highest BCUT2D eigenvalue weighted by Crippen LogP contribution is 2.40. The highest BCUT2D eigenvalue weighted by atomic mass is 35.5. The molecule has 2 fully saturated rings. The van der Waals surface area contributed by atoms with Crippen LogP contribution in [0, 0.1) is 0 Å². The summed E-state index contributed by atoms with van der Waals surface area (Å²) in [4.78, 5) is 28.9. The Morgan fingerprint density at radius 1 is 1.00 bits per heavy atom. The number of rotatable bonds is 6. The Morgan fingerprint density at radius 3 is 2.42 bits per heavy atom. The highest BCUT2D eigenvalue weighted by molar-refractivity contribution is 6.30. The molecule has 1 atom stereocenters. The van der Waals surface area contributed by atoms with Gasteiger partial charge in [-0.15, -0.1) is 0 Å². The van der Waals surface area contributed by atoms with E-state index in [9.17, 15) is 9.59 Å². The number of halogens is 1. The second kappa shape index (κ2) is 9.86. The maximum Gasteiger partial charge on any atom is 0.250 e.